The summed E-state index contributed by atoms with van der Waals surface area (Å²) in [5, 5.41) is 0. The summed E-state index contributed by atoms with van der Waals surface area (Å²) in [6, 6.07) is 0. The smallest absolute Gasteiger partial charge is 0.136 e. The Bertz CT molecular complexity index is 299. The SMILES string of the molecule is C=CCCCCCCCCC(=O)C1CC2CCC(C1)O2. The number of Topliss-reactive ketones (excluding diaryl/α,β-unsaturated/α-hetero) is 1. The van der Waals surface area contributed by atoms with Crippen LogP contribution in [-0.2, 0) is 9.53 Å². The first kappa shape index (κ1) is 15.8. The first-order chi connectivity index (χ1) is 9.79. The van der Waals surface area contributed by atoms with Crippen molar-refractivity contribution in [3.63, 3.8) is 0 Å². The van der Waals surface area contributed by atoms with Crippen LogP contribution in [-0.4, -0.2) is 18.0 Å². The van der Waals surface area contributed by atoms with E-state index in [1.807, 2.05) is 6.08 Å². The monoisotopic (exact) mass is 278 g/mol. The van der Waals surface area contributed by atoms with Crippen molar-refractivity contribution >= 4 is 5.78 Å². The van der Waals surface area contributed by atoms with Crippen LogP contribution in [0.2, 0.25) is 0 Å². The number of fused-ring (bicyclic) bond motifs is 2. The maximum absolute atomic E-state index is 12.2. The number of ketones is 1. The molecule has 0 amide bonds. The molecule has 0 spiro atoms. The van der Waals surface area contributed by atoms with Gasteiger partial charge in [-0.25, -0.2) is 0 Å². The van der Waals surface area contributed by atoms with Crippen LogP contribution in [0, 0.1) is 5.92 Å². The summed E-state index contributed by atoms with van der Waals surface area (Å²) in [5.74, 6) is 0.825. The molecular formula is C18H30O2. The van der Waals surface area contributed by atoms with Crippen molar-refractivity contribution in [2.24, 2.45) is 5.92 Å². The minimum atomic E-state index is 0.314. The molecule has 0 N–H and O–H groups in total. The van der Waals surface area contributed by atoms with Gasteiger partial charge in [0.1, 0.15) is 5.78 Å². The number of hydrogen-bond acceptors (Lipinski definition) is 2. The lowest BCUT2D eigenvalue weighted by molar-refractivity contribution is -0.128. The normalized spacial score (nSPS) is 28.5. The van der Waals surface area contributed by atoms with Gasteiger partial charge >= 0.3 is 0 Å². The van der Waals surface area contributed by atoms with Crippen molar-refractivity contribution in [1.82, 2.24) is 0 Å². The van der Waals surface area contributed by atoms with Crippen LogP contribution >= 0.6 is 0 Å². The minimum Gasteiger partial charge on any atom is -0.375 e. The number of carbonyl (C=O) groups excluding carboxylic acids is 1. The maximum Gasteiger partial charge on any atom is 0.136 e. The molecular weight excluding hydrogens is 248 g/mol. The molecule has 2 nitrogen and oxygen atoms in total. The van der Waals surface area contributed by atoms with Gasteiger partial charge in [0, 0.05) is 12.3 Å². The number of allylic oxidation sites excluding steroid dienone is 1. The molecule has 2 atom stereocenters. The summed E-state index contributed by atoms with van der Waals surface area (Å²) in [4.78, 5) is 12.2. The van der Waals surface area contributed by atoms with Gasteiger partial charge in [-0.05, 0) is 44.9 Å². The Morgan fingerprint density at radius 2 is 1.60 bits per heavy atom. The summed E-state index contributed by atoms with van der Waals surface area (Å²) in [5.41, 5.74) is 0. The second-order valence-corrected chi connectivity index (χ2v) is 6.54. The van der Waals surface area contributed by atoms with Crippen LogP contribution < -0.4 is 0 Å². The molecule has 0 aromatic carbocycles. The van der Waals surface area contributed by atoms with E-state index in [1.54, 1.807) is 0 Å². The molecule has 2 aliphatic heterocycles. The van der Waals surface area contributed by atoms with E-state index >= 15 is 0 Å². The van der Waals surface area contributed by atoms with Gasteiger partial charge in [-0.3, -0.25) is 4.79 Å². The Hall–Kier alpha value is -0.630. The zero-order valence-corrected chi connectivity index (χ0v) is 12.8. The van der Waals surface area contributed by atoms with Crippen LogP contribution in [0.15, 0.2) is 12.7 Å². The average Bonchev–Trinajstić information content (AvgIpc) is 2.80. The first-order valence-corrected chi connectivity index (χ1v) is 8.58. The second-order valence-electron chi connectivity index (χ2n) is 6.54. The molecule has 2 saturated heterocycles. The van der Waals surface area contributed by atoms with Crippen molar-refractivity contribution in [2.75, 3.05) is 0 Å². The third-order valence-electron chi connectivity index (χ3n) is 4.83. The van der Waals surface area contributed by atoms with Gasteiger partial charge in [-0.15, -0.1) is 6.58 Å². The van der Waals surface area contributed by atoms with Gasteiger partial charge in [0.05, 0.1) is 12.2 Å². The highest BCUT2D eigenvalue weighted by atomic mass is 16.5. The van der Waals surface area contributed by atoms with Crippen molar-refractivity contribution in [3.8, 4) is 0 Å². The Morgan fingerprint density at radius 1 is 1.00 bits per heavy atom. The highest BCUT2D eigenvalue weighted by Crippen LogP contribution is 2.36. The second kappa shape index (κ2) is 8.61. The fourth-order valence-corrected chi connectivity index (χ4v) is 3.62. The highest BCUT2D eigenvalue weighted by molar-refractivity contribution is 5.81. The van der Waals surface area contributed by atoms with Gasteiger partial charge in [-0.1, -0.05) is 31.8 Å². The Labute approximate surface area is 124 Å². The Kier molecular flexibility index (Phi) is 6.78. The van der Waals surface area contributed by atoms with Crippen molar-refractivity contribution in [3.05, 3.63) is 12.7 Å². The van der Waals surface area contributed by atoms with Crippen molar-refractivity contribution < 1.29 is 9.53 Å². The fraction of sp³-hybridized carbons (Fsp3) is 0.833. The van der Waals surface area contributed by atoms with Gasteiger partial charge < -0.3 is 4.74 Å². The predicted octanol–water partition coefficient (Wildman–Crippen LogP) is 4.82. The summed E-state index contributed by atoms with van der Waals surface area (Å²) < 4.78 is 5.81. The molecule has 0 aliphatic carbocycles. The third-order valence-corrected chi connectivity index (χ3v) is 4.83. The molecule has 20 heavy (non-hydrogen) atoms. The number of carbonyl (C=O) groups is 1. The molecule has 114 valence electrons. The summed E-state index contributed by atoms with van der Waals surface area (Å²) in [6.45, 7) is 3.74. The molecule has 2 heterocycles. The first-order valence-electron chi connectivity index (χ1n) is 8.58. The van der Waals surface area contributed by atoms with Crippen LogP contribution in [0.25, 0.3) is 0 Å². The van der Waals surface area contributed by atoms with Crippen LogP contribution in [0.1, 0.15) is 77.0 Å². The van der Waals surface area contributed by atoms with E-state index in [2.05, 4.69) is 6.58 Å². The Morgan fingerprint density at radius 3 is 2.25 bits per heavy atom. The van der Waals surface area contributed by atoms with E-state index in [4.69, 9.17) is 4.74 Å². The number of hydrogen-bond donors (Lipinski definition) is 0. The van der Waals surface area contributed by atoms with Gasteiger partial charge in [0.15, 0.2) is 0 Å². The zero-order chi connectivity index (χ0) is 14.2. The number of ether oxygens (including phenoxy) is 1. The summed E-state index contributed by atoms with van der Waals surface area (Å²) >= 11 is 0. The van der Waals surface area contributed by atoms with Gasteiger partial charge in [0.2, 0.25) is 0 Å². The summed E-state index contributed by atoms with van der Waals surface area (Å²) in [7, 11) is 0. The lowest BCUT2D eigenvalue weighted by Crippen LogP contribution is -2.29. The lowest BCUT2D eigenvalue weighted by atomic mass is 9.89. The van der Waals surface area contributed by atoms with Crippen LogP contribution in [0.5, 0.6) is 0 Å². The predicted molar refractivity (Wildman–Crippen MR) is 82.8 cm³/mol. The Balaban J connectivity index is 1.49. The molecule has 0 aromatic heterocycles. The number of unbranched alkanes of at least 4 members (excludes halogenated alkanes) is 6. The van der Waals surface area contributed by atoms with Gasteiger partial charge in [-0.2, -0.15) is 0 Å². The fourth-order valence-electron chi connectivity index (χ4n) is 3.62. The van der Waals surface area contributed by atoms with E-state index in [9.17, 15) is 4.79 Å². The van der Waals surface area contributed by atoms with E-state index < -0.39 is 0 Å². The molecule has 0 radical (unpaired) electrons. The highest BCUT2D eigenvalue weighted by Gasteiger charge is 2.37. The van der Waals surface area contributed by atoms with Gasteiger partial charge in [0.25, 0.3) is 0 Å². The summed E-state index contributed by atoms with van der Waals surface area (Å²) in [6.07, 6.45) is 16.6. The zero-order valence-electron chi connectivity index (χ0n) is 12.8. The number of rotatable bonds is 10. The van der Waals surface area contributed by atoms with E-state index in [1.165, 1.54) is 44.9 Å². The van der Waals surface area contributed by atoms with E-state index in [-0.39, 0.29) is 0 Å². The molecule has 2 unspecified atom stereocenters. The average molecular weight is 278 g/mol. The standard InChI is InChI=1S/C18H30O2/c1-2-3-4-5-6-7-8-9-10-18(19)15-13-16-11-12-17(14-15)20-16/h2,15-17H,1,3-14H2. The molecule has 2 fully saturated rings. The third kappa shape index (κ3) is 5.05. The molecule has 0 aromatic rings. The van der Waals surface area contributed by atoms with Crippen LogP contribution in [0.4, 0.5) is 0 Å². The molecule has 2 heteroatoms. The molecule has 2 aliphatic rings. The topological polar surface area (TPSA) is 26.3 Å². The van der Waals surface area contributed by atoms with E-state index in [0.717, 1.165) is 32.1 Å². The van der Waals surface area contributed by atoms with E-state index in [0.29, 0.717) is 23.9 Å². The van der Waals surface area contributed by atoms with Crippen molar-refractivity contribution in [1.29, 1.82) is 0 Å². The minimum absolute atomic E-state index is 0.314. The maximum atomic E-state index is 12.2. The molecule has 0 saturated carbocycles. The molecule has 2 rings (SSSR count). The largest absolute Gasteiger partial charge is 0.375 e. The molecule has 2 bridgehead atoms. The van der Waals surface area contributed by atoms with Crippen LogP contribution in [0.3, 0.4) is 0 Å². The lowest BCUT2D eigenvalue weighted by Gasteiger charge is -2.27. The van der Waals surface area contributed by atoms with Crippen molar-refractivity contribution in [2.45, 2.75) is 89.3 Å². The quantitative estimate of drug-likeness (QED) is 0.423.